The molecule has 0 bridgehead atoms. The van der Waals surface area contributed by atoms with E-state index >= 15 is 0 Å². The first kappa shape index (κ1) is 735. The van der Waals surface area contributed by atoms with Gasteiger partial charge in [0.1, 0.15) is 0 Å². The Bertz CT molecular complexity index is 109. The molecule has 0 aromatic rings. The molecular weight excluding hydrogens is 3950 g/mol. The van der Waals surface area contributed by atoms with Gasteiger partial charge < -0.3 is 5.73 Å². The van der Waals surface area contributed by atoms with Crippen LogP contribution in [0.4, 0.5) is 0 Å². The van der Waals surface area contributed by atoms with E-state index in [1.807, 2.05) is 15.7 Å². The molecule has 1 saturated carbocycles. The third-order valence-corrected chi connectivity index (χ3v) is 1.97. The predicted molar refractivity (Wildman–Crippen MR) is 42.0 cm³/mol. The Hall–Kier alpha value is 44.0. The minimum absolute atomic E-state index is 0. The Morgan fingerprint density at radius 1 is 0.131 bits per heavy atom. The molecule has 1 nitrogen and oxygen atoms in total. The maximum atomic E-state index is 4.06. The van der Waals surface area contributed by atoms with Crippen molar-refractivity contribution < 1.29 is 1390 Å². The molecule has 77 heteroatoms. The zero-order valence-electron chi connectivity index (χ0n) is 39.5. The molecule has 1 aliphatic carbocycles. The maximum Gasteiger partial charge on any atom is 0 e. The summed E-state index contributed by atoms with van der Waals surface area (Å²) in [5.74, 6) is 0. The average molecular weight is 3970 g/mol. The van der Waals surface area contributed by atoms with Crippen LogP contribution in [0, 0.1) is 0 Å². The van der Waals surface area contributed by atoms with Crippen LogP contribution in [0.5, 0.6) is 0 Å². The minimum atomic E-state index is 0. The van der Waals surface area contributed by atoms with Gasteiger partial charge >= 0.3 is 26.0 Å². The second kappa shape index (κ2) is 718. The van der Waals surface area contributed by atoms with Gasteiger partial charge in [-0.15, -0.1) is 0 Å². The van der Waals surface area contributed by atoms with Gasteiger partial charge in [0.15, 0.2) is 0 Å². The molecule has 429 valence electrons. The number of hydrogen-bond donors (Lipinski definition) is 1. The van der Waals surface area contributed by atoms with Gasteiger partial charge in [-0.05, 0) is 25.7 Å². The summed E-state index contributed by atoms with van der Waals surface area (Å²) in [6.07, 6.45) is 8.50. The van der Waals surface area contributed by atoms with Crippen LogP contribution in [-0.2, 0) is 1390 Å². The van der Waals surface area contributed by atoms with E-state index in [2.05, 4.69) is 16.0 Å². The van der Waals surface area contributed by atoms with Crippen molar-refractivity contribution in [1.29, 1.82) is 0 Å². The van der Waals surface area contributed by atoms with Gasteiger partial charge in [0.05, 0.1) is 6.04 Å². The number of rotatable bonds is 0. The Balaban J connectivity index is -0.000000000145. The first-order valence-corrected chi connectivity index (χ1v) is 5.98. The fraction of sp³-hybridized carbons (Fsp3) is 1.00. The van der Waals surface area contributed by atoms with Crippen LogP contribution in [0.15, 0.2) is 0 Å². The smallest absolute Gasteiger partial charge is 0 e. The molecule has 1 rings (SSSR count). The SMILES string of the molecule is [NH3+]C1CCCCCC1.[S]=[V].[V].[V].[V].[V].[V].[V].[V].[V].[V].[V].[V].[V].[V].[V].[V].[V].[V].[V].[V].[V].[V].[V].[V].[V].[V].[V].[V].[V].[V].[V].[V].[V].[V].[V].[V].[V].[V].[V].[V].[V].[V].[V].[V].[V].[V].[V].[V].[V].[V].[V].[V].[V].[V].[V].[V].[V].[V].[V].[V].[V].[V].[V].[V].[V].[V].[V].[V].[V].[V].[V].[V].[V].[V].[V]. The van der Waals surface area contributed by atoms with Crippen molar-refractivity contribution in [3.8, 4) is 0 Å². The van der Waals surface area contributed by atoms with Crippen molar-refractivity contribution in [2.24, 2.45) is 0 Å². The Kier molecular flexibility index (Phi) is 6280. The van der Waals surface area contributed by atoms with E-state index in [4.69, 9.17) is 0 Å². The molecule has 0 aromatic carbocycles. The molecule has 0 unspecified atom stereocenters. The normalized spacial score (nSPS) is 2.43. The minimum Gasteiger partial charge on any atom is 0 e. The molecule has 3 N–H and O–H groups in total. The molecule has 0 saturated heterocycles. The second-order valence-corrected chi connectivity index (χ2v) is 2.86. The van der Waals surface area contributed by atoms with E-state index in [0.29, 0.717) is 0 Å². The van der Waals surface area contributed by atoms with Gasteiger partial charge in [-0.2, -0.15) is 0 Å². The van der Waals surface area contributed by atoms with Crippen molar-refractivity contribution >= 4 is 10.3 Å². The third-order valence-electron chi connectivity index (χ3n) is 1.97. The molecule has 0 heterocycles. The molecule has 0 aliphatic heterocycles. The Morgan fingerprint density at radius 2 is 0.179 bits per heavy atom. The van der Waals surface area contributed by atoms with Crippen molar-refractivity contribution in [2.45, 2.75) is 44.6 Å². The zero-order chi connectivity index (χ0) is 7.82. The fourth-order valence-electron chi connectivity index (χ4n) is 1.36. The van der Waals surface area contributed by atoms with Gasteiger partial charge in [-0.25, -0.2) is 0 Å². The van der Waals surface area contributed by atoms with E-state index in [9.17, 15) is 0 Å². The summed E-state index contributed by atoms with van der Waals surface area (Å²) < 4.78 is 0. The van der Waals surface area contributed by atoms with Crippen molar-refractivity contribution in [3.05, 3.63) is 0 Å². The van der Waals surface area contributed by atoms with E-state index < -0.39 is 0 Å². The van der Waals surface area contributed by atoms with Gasteiger partial charge in [0.25, 0.3) is 0 Å². The number of quaternary nitrogens is 1. The van der Waals surface area contributed by atoms with Gasteiger partial charge in [0, 0.05) is 1370 Å². The Morgan fingerprint density at radius 3 is 0.226 bits per heavy atom. The summed E-state index contributed by atoms with van der Waals surface area (Å²) in [6, 6.07) is 0.775. The van der Waals surface area contributed by atoms with Crippen LogP contribution in [0.2, 0.25) is 0 Å². The molecule has 1 aliphatic rings. The molecule has 0 spiro atoms. The molecule has 0 amide bonds. The summed E-state index contributed by atoms with van der Waals surface area (Å²) in [5, 5.41) is 0. The molecule has 84 heavy (non-hydrogen) atoms. The fourth-order valence-corrected chi connectivity index (χ4v) is 1.36. The first-order valence-electron chi connectivity index (χ1n) is 3.91. The molecule has 0 aromatic heterocycles. The molecule has 0 atom stereocenters. The molecule has 74 radical (unpaired) electrons. The second-order valence-electron chi connectivity index (χ2n) is 2.86. The monoisotopic (exact) mass is 3970 g/mol. The van der Waals surface area contributed by atoms with Gasteiger partial charge in [-0.3, -0.25) is 0 Å². The molecule has 1 fully saturated rings. The van der Waals surface area contributed by atoms with Crippen LogP contribution in [-0.4, -0.2) is 6.04 Å². The average Bonchev–Trinajstić information content (AvgIpc) is 2.21. The summed E-state index contributed by atoms with van der Waals surface area (Å²) >= 11 is 1.90. The van der Waals surface area contributed by atoms with Crippen molar-refractivity contribution in [1.82, 2.24) is 0 Å². The van der Waals surface area contributed by atoms with E-state index in [-0.39, 0.29) is 1370 Å². The largest absolute Gasteiger partial charge is 0 e. The van der Waals surface area contributed by atoms with E-state index in [1.54, 1.807) is 0 Å². The van der Waals surface area contributed by atoms with Gasteiger partial charge in [-0.1, -0.05) is 12.8 Å². The topological polar surface area (TPSA) is 27.6 Å². The summed E-state index contributed by atoms with van der Waals surface area (Å²) in [5.41, 5.74) is 4.06. The van der Waals surface area contributed by atoms with E-state index in [0.717, 1.165) is 6.04 Å². The number of hydrogen-bond acceptors (Lipinski definition) is 1. The van der Waals surface area contributed by atoms with E-state index in [1.165, 1.54) is 38.5 Å². The quantitative estimate of drug-likeness (QED) is 0.366. The first-order chi connectivity index (χ1) is 4.89. The maximum absolute atomic E-state index is 4.06. The van der Waals surface area contributed by atoms with Crippen LogP contribution < -0.4 is 5.73 Å². The third kappa shape index (κ3) is 701. The Labute approximate surface area is 1410 Å². The molecular formula is C7H16NSV75+. The van der Waals surface area contributed by atoms with Crippen LogP contribution in [0.25, 0.3) is 0 Å². The van der Waals surface area contributed by atoms with Crippen molar-refractivity contribution in [3.63, 3.8) is 0 Å². The summed E-state index contributed by atoms with van der Waals surface area (Å²) in [4.78, 5) is 0. The van der Waals surface area contributed by atoms with Crippen LogP contribution in [0.3, 0.4) is 0 Å². The standard InChI is InChI=1S/C7H15N.S.75V/c8-7-5-3-1-2-4-6-7;;;;;;;;;;;;;;;;;;;;;;;;;;;;;;;;;;;;;;;;;;;;;;;;;;;;;;;;;;;;;;;;;;;;;;;;;;;;/h7H,1-6,8H2;;;;;;;;;;;;;;;;;;;;;;;;;;;;;;;;;;;;;;;;;;;;;;;;;;;;;;;;;;;;;;;;;;;;;;;;;;;;/p+1. The van der Waals surface area contributed by atoms with Crippen LogP contribution >= 0.6 is 10.3 Å². The summed E-state index contributed by atoms with van der Waals surface area (Å²) in [6.45, 7) is 0. The summed E-state index contributed by atoms with van der Waals surface area (Å²) in [7, 11) is 4.02. The predicted octanol–water partition coefficient (Wildman–Crippen LogP) is 1.41. The van der Waals surface area contributed by atoms with Crippen molar-refractivity contribution in [2.75, 3.05) is 0 Å². The zero-order valence-corrected chi connectivity index (χ0v) is 145. The van der Waals surface area contributed by atoms with Crippen LogP contribution in [0.1, 0.15) is 38.5 Å². The van der Waals surface area contributed by atoms with Gasteiger partial charge in [0.2, 0.25) is 0 Å².